The number of carbonyl (C=O) groups excluding carboxylic acids is 1. The number of anilines is 2. The van der Waals surface area contributed by atoms with Crippen LogP contribution in [-0.2, 0) is 24.2 Å². The van der Waals surface area contributed by atoms with E-state index in [1.807, 2.05) is 41.9 Å². The first-order valence-electron chi connectivity index (χ1n) is 10.3. The maximum Gasteiger partial charge on any atom is 0.224 e. The number of nitrogens with one attached hydrogen (secondary N) is 1. The summed E-state index contributed by atoms with van der Waals surface area (Å²) in [4.78, 5) is 13.6. The second-order valence-corrected chi connectivity index (χ2v) is 8.35. The molecule has 0 aliphatic carbocycles. The maximum absolute atomic E-state index is 12.5. The van der Waals surface area contributed by atoms with Crippen molar-refractivity contribution in [1.82, 2.24) is 15.0 Å². The molecule has 2 heterocycles. The Morgan fingerprint density at radius 2 is 1.94 bits per heavy atom. The SMILES string of the molecule is CCc1ccc(Cn2cc(CCC(=O)Nc3cc(-c4cccs4)ccc3N)nn2)cc1. The van der Waals surface area contributed by atoms with Gasteiger partial charge in [0.1, 0.15) is 0 Å². The molecule has 4 rings (SSSR count). The minimum atomic E-state index is -0.0975. The van der Waals surface area contributed by atoms with Crippen LogP contribution in [0.3, 0.4) is 0 Å². The van der Waals surface area contributed by atoms with Gasteiger partial charge in [0.25, 0.3) is 0 Å². The molecule has 7 heteroatoms. The van der Waals surface area contributed by atoms with Gasteiger partial charge in [-0.1, -0.05) is 48.5 Å². The van der Waals surface area contributed by atoms with Gasteiger partial charge in [-0.3, -0.25) is 4.79 Å². The lowest BCUT2D eigenvalue weighted by atomic mass is 10.1. The number of rotatable bonds is 8. The Kier molecular flexibility index (Phi) is 6.43. The van der Waals surface area contributed by atoms with Gasteiger partial charge in [-0.25, -0.2) is 4.68 Å². The molecule has 2 aromatic carbocycles. The van der Waals surface area contributed by atoms with E-state index in [0.717, 1.165) is 22.6 Å². The number of benzene rings is 2. The van der Waals surface area contributed by atoms with Crippen LogP contribution in [0.25, 0.3) is 10.4 Å². The van der Waals surface area contributed by atoms with Crippen molar-refractivity contribution in [2.75, 3.05) is 11.1 Å². The van der Waals surface area contributed by atoms with Crippen molar-refractivity contribution in [3.05, 3.63) is 83.0 Å². The van der Waals surface area contributed by atoms with Crippen LogP contribution >= 0.6 is 11.3 Å². The molecule has 0 radical (unpaired) electrons. The lowest BCUT2D eigenvalue weighted by molar-refractivity contribution is -0.116. The fraction of sp³-hybridized carbons (Fsp3) is 0.208. The average Bonchev–Trinajstić information content (AvgIpc) is 3.47. The first-order valence-corrected chi connectivity index (χ1v) is 11.2. The largest absolute Gasteiger partial charge is 0.397 e. The van der Waals surface area contributed by atoms with Crippen LogP contribution in [0.4, 0.5) is 11.4 Å². The Labute approximate surface area is 185 Å². The molecule has 0 unspecified atom stereocenters. The number of nitrogens with zero attached hydrogens (tertiary/aromatic N) is 3. The van der Waals surface area contributed by atoms with E-state index in [1.54, 1.807) is 16.0 Å². The van der Waals surface area contributed by atoms with Crippen molar-refractivity contribution in [1.29, 1.82) is 0 Å². The molecule has 0 spiro atoms. The lowest BCUT2D eigenvalue weighted by Crippen LogP contribution is -2.13. The van der Waals surface area contributed by atoms with Gasteiger partial charge in [-0.2, -0.15) is 0 Å². The molecule has 1 amide bonds. The summed E-state index contributed by atoms with van der Waals surface area (Å²) in [7, 11) is 0. The van der Waals surface area contributed by atoms with Gasteiger partial charge in [0.05, 0.1) is 23.6 Å². The van der Waals surface area contributed by atoms with Gasteiger partial charge in [0, 0.05) is 23.9 Å². The predicted octanol–water partition coefficient (Wildman–Crippen LogP) is 4.77. The van der Waals surface area contributed by atoms with Gasteiger partial charge in [-0.05, 0) is 46.7 Å². The minimum absolute atomic E-state index is 0.0975. The molecule has 0 saturated heterocycles. The zero-order chi connectivity index (χ0) is 21.6. The molecule has 2 aromatic heterocycles. The Morgan fingerprint density at radius 3 is 2.68 bits per heavy atom. The molecule has 0 aliphatic rings. The fourth-order valence-electron chi connectivity index (χ4n) is 3.31. The highest BCUT2D eigenvalue weighted by Gasteiger charge is 2.10. The van der Waals surface area contributed by atoms with Crippen LogP contribution in [0.1, 0.15) is 30.2 Å². The monoisotopic (exact) mass is 431 g/mol. The normalized spacial score (nSPS) is 10.9. The van der Waals surface area contributed by atoms with Crippen LogP contribution in [-0.4, -0.2) is 20.9 Å². The van der Waals surface area contributed by atoms with E-state index < -0.39 is 0 Å². The van der Waals surface area contributed by atoms with Crippen LogP contribution in [0.5, 0.6) is 0 Å². The highest BCUT2D eigenvalue weighted by molar-refractivity contribution is 7.13. The highest BCUT2D eigenvalue weighted by atomic mass is 32.1. The zero-order valence-corrected chi connectivity index (χ0v) is 18.2. The molecule has 4 aromatic rings. The predicted molar refractivity (Wildman–Crippen MR) is 126 cm³/mol. The Hall–Kier alpha value is -3.45. The van der Waals surface area contributed by atoms with Gasteiger partial charge in [0.2, 0.25) is 5.91 Å². The minimum Gasteiger partial charge on any atom is -0.397 e. The number of aryl methyl sites for hydroxylation is 2. The number of aromatic nitrogens is 3. The summed E-state index contributed by atoms with van der Waals surface area (Å²) in [6.45, 7) is 2.80. The van der Waals surface area contributed by atoms with Gasteiger partial charge in [0.15, 0.2) is 0 Å². The maximum atomic E-state index is 12.5. The molecule has 0 aliphatic heterocycles. The van der Waals surface area contributed by atoms with Gasteiger partial charge >= 0.3 is 0 Å². The summed E-state index contributed by atoms with van der Waals surface area (Å²) in [5.41, 5.74) is 11.6. The van der Waals surface area contributed by atoms with Crippen LogP contribution in [0, 0.1) is 0 Å². The fourth-order valence-corrected chi connectivity index (χ4v) is 4.04. The van der Waals surface area contributed by atoms with E-state index in [0.29, 0.717) is 30.8 Å². The van der Waals surface area contributed by atoms with Gasteiger partial charge in [-0.15, -0.1) is 16.4 Å². The third-order valence-electron chi connectivity index (χ3n) is 5.10. The smallest absolute Gasteiger partial charge is 0.224 e. The molecule has 0 fully saturated rings. The molecule has 0 saturated carbocycles. The Balaban J connectivity index is 1.32. The summed E-state index contributed by atoms with van der Waals surface area (Å²) in [6, 6.07) is 18.2. The van der Waals surface area contributed by atoms with Crippen molar-refractivity contribution < 1.29 is 4.79 Å². The standard InChI is InChI=1S/C24H25N5OS/c1-2-17-5-7-18(8-6-17)15-29-16-20(27-28-29)10-12-24(30)26-22-14-19(9-11-21(22)25)23-4-3-13-31-23/h3-9,11,13-14,16H,2,10,12,15,25H2,1H3,(H,26,30). The third-order valence-corrected chi connectivity index (χ3v) is 6.02. The number of nitrogen functional groups attached to an aromatic ring is 1. The molecular formula is C24H25N5OS. The first kappa shape index (κ1) is 20.8. The molecule has 0 atom stereocenters. The van der Waals surface area contributed by atoms with Gasteiger partial charge < -0.3 is 11.1 Å². The molecule has 158 valence electrons. The first-order chi connectivity index (χ1) is 15.1. The van der Waals surface area contributed by atoms with E-state index in [-0.39, 0.29) is 5.91 Å². The number of nitrogens with two attached hydrogens (primary N) is 1. The Morgan fingerprint density at radius 1 is 1.13 bits per heavy atom. The number of carbonyl (C=O) groups is 1. The van der Waals surface area contributed by atoms with Crippen LogP contribution < -0.4 is 11.1 Å². The summed E-state index contributed by atoms with van der Waals surface area (Å²) < 4.78 is 1.80. The van der Waals surface area contributed by atoms with Crippen molar-refractivity contribution in [2.45, 2.75) is 32.7 Å². The van der Waals surface area contributed by atoms with E-state index >= 15 is 0 Å². The van der Waals surface area contributed by atoms with E-state index in [4.69, 9.17) is 5.73 Å². The summed E-state index contributed by atoms with van der Waals surface area (Å²) in [6.07, 6.45) is 3.75. The number of thiophene rings is 1. The number of amides is 1. The molecular weight excluding hydrogens is 406 g/mol. The molecule has 6 nitrogen and oxygen atoms in total. The molecule has 0 bridgehead atoms. The van der Waals surface area contributed by atoms with Crippen molar-refractivity contribution in [3.8, 4) is 10.4 Å². The average molecular weight is 432 g/mol. The second-order valence-electron chi connectivity index (χ2n) is 7.41. The topological polar surface area (TPSA) is 85.8 Å². The lowest BCUT2D eigenvalue weighted by Gasteiger charge is -2.09. The molecule has 31 heavy (non-hydrogen) atoms. The van der Waals surface area contributed by atoms with Crippen molar-refractivity contribution >= 4 is 28.6 Å². The van der Waals surface area contributed by atoms with E-state index in [9.17, 15) is 4.79 Å². The second kappa shape index (κ2) is 9.57. The molecule has 3 N–H and O–H groups in total. The highest BCUT2D eigenvalue weighted by Crippen LogP contribution is 2.30. The summed E-state index contributed by atoms with van der Waals surface area (Å²) in [5, 5.41) is 13.3. The van der Waals surface area contributed by atoms with Crippen molar-refractivity contribution in [3.63, 3.8) is 0 Å². The summed E-state index contributed by atoms with van der Waals surface area (Å²) in [5.74, 6) is -0.0975. The van der Waals surface area contributed by atoms with E-state index in [1.165, 1.54) is 11.1 Å². The number of hydrogen-bond acceptors (Lipinski definition) is 5. The zero-order valence-electron chi connectivity index (χ0n) is 17.4. The van der Waals surface area contributed by atoms with Crippen LogP contribution in [0.15, 0.2) is 66.2 Å². The quantitative estimate of drug-likeness (QED) is 0.394. The Bertz CT molecular complexity index is 1150. The summed E-state index contributed by atoms with van der Waals surface area (Å²) >= 11 is 1.65. The number of hydrogen-bond donors (Lipinski definition) is 2. The third kappa shape index (κ3) is 5.38. The van der Waals surface area contributed by atoms with Crippen LogP contribution in [0.2, 0.25) is 0 Å². The van der Waals surface area contributed by atoms with E-state index in [2.05, 4.69) is 46.8 Å². The van der Waals surface area contributed by atoms with Crippen molar-refractivity contribution in [2.24, 2.45) is 0 Å².